The molecule has 2 aromatic heterocycles. The molecule has 0 unspecified atom stereocenters. The van der Waals surface area contributed by atoms with Gasteiger partial charge in [-0.2, -0.15) is 0 Å². The summed E-state index contributed by atoms with van der Waals surface area (Å²) in [6.45, 7) is 0. The standard InChI is InChI=1S/C12H5Cl2IN2S/c13-7-3-6(1-2-8(7)15)10-4-9-11(18-10)12(14)17-5-16-9/h1-5H. The van der Waals surface area contributed by atoms with Gasteiger partial charge in [0.15, 0.2) is 0 Å². The van der Waals surface area contributed by atoms with Crippen molar-refractivity contribution in [2.75, 3.05) is 0 Å². The predicted octanol–water partition coefficient (Wildman–Crippen LogP) is 5.27. The third kappa shape index (κ3) is 2.22. The molecule has 0 saturated heterocycles. The summed E-state index contributed by atoms with van der Waals surface area (Å²) < 4.78 is 1.95. The van der Waals surface area contributed by atoms with Crippen molar-refractivity contribution in [2.45, 2.75) is 0 Å². The van der Waals surface area contributed by atoms with Crippen molar-refractivity contribution in [3.8, 4) is 10.4 Å². The first-order chi connectivity index (χ1) is 8.65. The van der Waals surface area contributed by atoms with Crippen molar-refractivity contribution in [2.24, 2.45) is 0 Å². The maximum absolute atomic E-state index is 6.14. The van der Waals surface area contributed by atoms with Gasteiger partial charge in [0.2, 0.25) is 0 Å². The SMILES string of the molecule is Clc1cc(-c2cc3ncnc(Cl)c3s2)ccc1I. The first-order valence-electron chi connectivity index (χ1n) is 5.00. The van der Waals surface area contributed by atoms with Crippen LogP contribution < -0.4 is 0 Å². The number of nitrogens with zero attached hydrogens (tertiary/aromatic N) is 2. The van der Waals surface area contributed by atoms with Crippen LogP contribution in [0.5, 0.6) is 0 Å². The number of halogens is 3. The van der Waals surface area contributed by atoms with Gasteiger partial charge >= 0.3 is 0 Å². The quantitative estimate of drug-likeness (QED) is 0.406. The zero-order valence-electron chi connectivity index (χ0n) is 8.82. The van der Waals surface area contributed by atoms with Crippen LogP contribution in [0.1, 0.15) is 0 Å². The molecule has 0 atom stereocenters. The number of hydrogen-bond acceptors (Lipinski definition) is 3. The zero-order valence-corrected chi connectivity index (χ0v) is 13.3. The van der Waals surface area contributed by atoms with Crippen LogP contribution in [0, 0.1) is 3.57 Å². The van der Waals surface area contributed by atoms with Crippen LogP contribution in [0.4, 0.5) is 0 Å². The minimum atomic E-state index is 0.493. The van der Waals surface area contributed by atoms with E-state index in [2.05, 4.69) is 32.6 Å². The monoisotopic (exact) mass is 406 g/mol. The van der Waals surface area contributed by atoms with Crippen LogP contribution in [0.3, 0.4) is 0 Å². The summed E-state index contributed by atoms with van der Waals surface area (Å²) >= 11 is 16.0. The van der Waals surface area contributed by atoms with Gasteiger partial charge in [-0.25, -0.2) is 9.97 Å². The van der Waals surface area contributed by atoms with Crippen LogP contribution in [-0.2, 0) is 0 Å². The fraction of sp³-hybridized carbons (Fsp3) is 0. The Morgan fingerprint density at radius 3 is 2.67 bits per heavy atom. The molecule has 2 nitrogen and oxygen atoms in total. The average Bonchev–Trinajstić information content (AvgIpc) is 2.78. The van der Waals surface area contributed by atoms with Gasteiger partial charge in [-0.3, -0.25) is 0 Å². The Labute approximate surface area is 131 Å². The van der Waals surface area contributed by atoms with Gasteiger partial charge in [0.1, 0.15) is 11.5 Å². The Morgan fingerprint density at radius 2 is 1.94 bits per heavy atom. The molecule has 18 heavy (non-hydrogen) atoms. The Kier molecular flexibility index (Phi) is 3.44. The lowest BCUT2D eigenvalue weighted by Gasteiger charge is -1.99. The molecule has 90 valence electrons. The van der Waals surface area contributed by atoms with Gasteiger partial charge in [-0.15, -0.1) is 11.3 Å². The topological polar surface area (TPSA) is 25.8 Å². The lowest BCUT2D eigenvalue weighted by Crippen LogP contribution is -1.77. The first kappa shape index (κ1) is 12.6. The molecule has 0 bridgehead atoms. The molecule has 0 spiro atoms. The van der Waals surface area contributed by atoms with Crippen molar-refractivity contribution in [3.05, 3.63) is 44.3 Å². The number of benzene rings is 1. The number of rotatable bonds is 1. The van der Waals surface area contributed by atoms with Crippen molar-refractivity contribution < 1.29 is 0 Å². The van der Waals surface area contributed by atoms with Gasteiger partial charge < -0.3 is 0 Å². The highest BCUT2D eigenvalue weighted by Crippen LogP contribution is 2.36. The molecular weight excluding hydrogens is 402 g/mol. The van der Waals surface area contributed by atoms with Crippen LogP contribution in [0.2, 0.25) is 10.2 Å². The molecule has 3 rings (SSSR count). The molecule has 0 aliphatic rings. The highest BCUT2D eigenvalue weighted by molar-refractivity contribution is 14.1. The highest BCUT2D eigenvalue weighted by atomic mass is 127. The number of hydrogen-bond donors (Lipinski definition) is 0. The summed E-state index contributed by atoms with van der Waals surface area (Å²) in [5.74, 6) is 0. The van der Waals surface area contributed by atoms with E-state index >= 15 is 0 Å². The van der Waals surface area contributed by atoms with Gasteiger partial charge in [0.25, 0.3) is 0 Å². The molecule has 2 heterocycles. The van der Waals surface area contributed by atoms with E-state index in [9.17, 15) is 0 Å². The van der Waals surface area contributed by atoms with E-state index in [1.165, 1.54) is 6.33 Å². The van der Waals surface area contributed by atoms with Crippen molar-refractivity contribution in [1.82, 2.24) is 9.97 Å². The fourth-order valence-electron chi connectivity index (χ4n) is 1.62. The molecule has 0 amide bonds. The summed E-state index contributed by atoms with van der Waals surface area (Å²) in [6.07, 6.45) is 1.47. The Bertz CT molecular complexity index is 742. The predicted molar refractivity (Wildman–Crippen MR) is 85.6 cm³/mol. The second kappa shape index (κ2) is 4.92. The lowest BCUT2D eigenvalue weighted by molar-refractivity contribution is 1.23. The molecule has 0 aliphatic carbocycles. The van der Waals surface area contributed by atoms with Crippen molar-refractivity contribution >= 4 is 67.3 Å². The second-order valence-electron chi connectivity index (χ2n) is 3.62. The van der Waals surface area contributed by atoms with E-state index in [1.807, 2.05) is 24.3 Å². The summed E-state index contributed by atoms with van der Waals surface area (Å²) in [5.41, 5.74) is 1.93. The summed E-state index contributed by atoms with van der Waals surface area (Å²) in [5, 5.41) is 1.25. The van der Waals surface area contributed by atoms with Gasteiger partial charge in [-0.05, 0) is 46.4 Å². The molecule has 0 radical (unpaired) electrons. The Hall–Kier alpha value is -0.430. The number of thiophene rings is 1. The number of aromatic nitrogens is 2. The minimum absolute atomic E-state index is 0.493. The van der Waals surface area contributed by atoms with E-state index in [-0.39, 0.29) is 0 Å². The van der Waals surface area contributed by atoms with Crippen LogP contribution in [-0.4, -0.2) is 9.97 Å². The first-order valence-corrected chi connectivity index (χ1v) is 7.66. The second-order valence-corrected chi connectivity index (χ2v) is 6.60. The lowest BCUT2D eigenvalue weighted by atomic mass is 10.2. The maximum atomic E-state index is 6.14. The molecule has 0 N–H and O–H groups in total. The summed E-state index contributed by atoms with van der Waals surface area (Å²) in [4.78, 5) is 9.28. The van der Waals surface area contributed by atoms with Gasteiger partial charge in [0, 0.05) is 8.45 Å². The summed E-state index contributed by atoms with van der Waals surface area (Å²) in [6, 6.07) is 8.00. The minimum Gasteiger partial charge on any atom is -0.235 e. The van der Waals surface area contributed by atoms with Gasteiger partial charge in [-0.1, -0.05) is 29.3 Å². The molecular formula is C12H5Cl2IN2S. The van der Waals surface area contributed by atoms with Gasteiger partial charge in [0.05, 0.1) is 15.2 Å². The fourth-order valence-corrected chi connectivity index (χ4v) is 3.38. The molecule has 0 saturated carbocycles. The van der Waals surface area contributed by atoms with Crippen LogP contribution in [0.25, 0.3) is 20.7 Å². The molecule has 1 aromatic carbocycles. The molecule has 3 aromatic rings. The van der Waals surface area contributed by atoms with Crippen molar-refractivity contribution in [3.63, 3.8) is 0 Å². The van der Waals surface area contributed by atoms with Crippen LogP contribution in [0.15, 0.2) is 30.6 Å². The summed E-state index contributed by atoms with van der Waals surface area (Å²) in [7, 11) is 0. The van der Waals surface area contributed by atoms with E-state index < -0.39 is 0 Å². The molecule has 0 aliphatic heterocycles. The third-order valence-corrected chi connectivity index (χ3v) is 5.62. The smallest absolute Gasteiger partial charge is 0.150 e. The highest BCUT2D eigenvalue weighted by Gasteiger charge is 2.09. The van der Waals surface area contributed by atoms with E-state index in [1.54, 1.807) is 11.3 Å². The van der Waals surface area contributed by atoms with E-state index in [0.29, 0.717) is 5.15 Å². The number of fused-ring (bicyclic) bond motifs is 1. The maximum Gasteiger partial charge on any atom is 0.150 e. The largest absolute Gasteiger partial charge is 0.235 e. The molecule has 6 heteroatoms. The third-order valence-electron chi connectivity index (χ3n) is 2.47. The molecule has 0 fully saturated rings. The van der Waals surface area contributed by atoms with Crippen LogP contribution >= 0.6 is 57.1 Å². The van der Waals surface area contributed by atoms with E-state index in [0.717, 1.165) is 29.3 Å². The average molecular weight is 407 g/mol. The zero-order chi connectivity index (χ0) is 12.7. The normalized spacial score (nSPS) is 11.1. The Morgan fingerprint density at radius 1 is 1.11 bits per heavy atom. The Balaban J connectivity index is 2.19. The van der Waals surface area contributed by atoms with E-state index in [4.69, 9.17) is 23.2 Å². The van der Waals surface area contributed by atoms with Crippen molar-refractivity contribution in [1.29, 1.82) is 0 Å².